The van der Waals surface area contributed by atoms with Crippen LogP contribution < -0.4 is 10.2 Å². The SMILES string of the molecule is CC(=O)N(CC(=O)NCC1CCCO1)c1cccc2cccnc12. The van der Waals surface area contributed by atoms with E-state index in [0.717, 1.165) is 24.8 Å². The van der Waals surface area contributed by atoms with Crippen LogP contribution in [0.1, 0.15) is 19.8 Å². The zero-order valence-corrected chi connectivity index (χ0v) is 13.7. The Kier molecular flexibility index (Phi) is 5.05. The van der Waals surface area contributed by atoms with Crippen LogP contribution in [0.25, 0.3) is 10.9 Å². The van der Waals surface area contributed by atoms with Crippen molar-refractivity contribution in [3.8, 4) is 0 Å². The fourth-order valence-corrected chi connectivity index (χ4v) is 2.90. The van der Waals surface area contributed by atoms with E-state index in [4.69, 9.17) is 4.74 Å². The molecule has 1 aromatic heterocycles. The van der Waals surface area contributed by atoms with Crippen molar-refractivity contribution < 1.29 is 14.3 Å². The second-order valence-corrected chi connectivity index (χ2v) is 5.90. The summed E-state index contributed by atoms with van der Waals surface area (Å²) < 4.78 is 5.49. The van der Waals surface area contributed by atoms with Gasteiger partial charge in [-0.1, -0.05) is 18.2 Å². The Balaban J connectivity index is 1.74. The number of para-hydroxylation sites is 1. The average molecular weight is 327 g/mol. The summed E-state index contributed by atoms with van der Waals surface area (Å²) in [4.78, 5) is 30.1. The molecule has 24 heavy (non-hydrogen) atoms. The van der Waals surface area contributed by atoms with Gasteiger partial charge in [0.2, 0.25) is 11.8 Å². The van der Waals surface area contributed by atoms with E-state index in [0.29, 0.717) is 17.7 Å². The minimum atomic E-state index is -0.200. The minimum absolute atomic E-state index is 0.0300. The molecule has 6 heteroatoms. The lowest BCUT2D eigenvalue weighted by atomic mass is 10.1. The van der Waals surface area contributed by atoms with Crippen LogP contribution in [-0.2, 0) is 14.3 Å². The number of pyridine rings is 1. The van der Waals surface area contributed by atoms with Crippen LogP contribution in [0.15, 0.2) is 36.5 Å². The molecule has 2 heterocycles. The number of amides is 2. The summed E-state index contributed by atoms with van der Waals surface area (Å²) in [5, 5.41) is 3.78. The van der Waals surface area contributed by atoms with Gasteiger partial charge in [0.15, 0.2) is 0 Å². The van der Waals surface area contributed by atoms with Crippen molar-refractivity contribution in [3.05, 3.63) is 36.5 Å². The van der Waals surface area contributed by atoms with E-state index in [1.165, 1.54) is 11.8 Å². The molecule has 2 amide bonds. The molecule has 0 saturated carbocycles. The monoisotopic (exact) mass is 327 g/mol. The average Bonchev–Trinajstić information content (AvgIpc) is 3.11. The number of benzene rings is 1. The molecule has 1 saturated heterocycles. The molecule has 126 valence electrons. The first-order valence-electron chi connectivity index (χ1n) is 8.15. The fraction of sp³-hybridized carbons (Fsp3) is 0.389. The zero-order valence-electron chi connectivity index (χ0n) is 13.7. The van der Waals surface area contributed by atoms with Crippen molar-refractivity contribution >= 4 is 28.4 Å². The summed E-state index contributed by atoms with van der Waals surface area (Å²) >= 11 is 0. The van der Waals surface area contributed by atoms with Gasteiger partial charge < -0.3 is 15.0 Å². The Morgan fingerprint density at radius 2 is 2.17 bits per heavy atom. The van der Waals surface area contributed by atoms with E-state index < -0.39 is 0 Å². The highest BCUT2D eigenvalue weighted by Gasteiger charge is 2.20. The molecule has 1 aliphatic rings. The van der Waals surface area contributed by atoms with Crippen molar-refractivity contribution in [1.29, 1.82) is 0 Å². The topological polar surface area (TPSA) is 71.5 Å². The van der Waals surface area contributed by atoms with Gasteiger partial charge >= 0.3 is 0 Å². The highest BCUT2D eigenvalue weighted by atomic mass is 16.5. The van der Waals surface area contributed by atoms with Gasteiger partial charge in [-0.25, -0.2) is 0 Å². The number of nitrogens with one attached hydrogen (secondary N) is 1. The Morgan fingerprint density at radius 3 is 2.92 bits per heavy atom. The minimum Gasteiger partial charge on any atom is -0.376 e. The van der Waals surface area contributed by atoms with Gasteiger partial charge in [-0.15, -0.1) is 0 Å². The summed E-state index contributed by atoms with van der Waals surface area (Å²) in [5.74, 6) is -0.394. The highest BCUT2D eigenvalue weighted by Crippen LogP contribution is 2.24. The Morgan fingerprint density at radius 1 is 1.33 bits per heavy atom. The van der Waals surface area contributed by atoms with Gasteiger partial charge in [0, 0.05) is 31.7 Å². The van der Waals surface area contributed by atoms with E-state index >= 15 is 0 Å². The van der Waals surface area contributed by atoms with E-state index in [1.807, 2.05) is 30.3 Å². The zero-order chi connectivity index (χ0) is 16.9. The lowest BCUT2D eigenvalue weighted by Gasteiger charge is -2.22. The molecular weight excluding hydrogens is 306 g/mol. The van der Waals surface area contributed by atoms with E-state index in [9.17, 15) is 9.59 Å². The molecule has 1 fully saturated rings. The Labute approximate surface area is 140 Å². The van der Waals surface area contributed by atoms with Crippen LogP contribution in [0.2, 0.25) is 0 Å². The van der Waals surface area contributed by atoms with Gasteiger partial charge in [-0.3, -0.25) is 14.6 Å². The summed E-state index contributed by atoms with van der Waals surface area (Å²) in [5.41, 5.74) is 1.36. The maximum absolute atomic E-state index is 12.2. The second-order valence-electron chi connectivity index (χ2n) is 5.90. The first kappa shape index (κ1) is 16.4. The van der Waals surface area contributed by atoms with Gasteiger partial charge in [0.25, 0.3) is 0 Å². The molecule has 3 rings (SSSR count). The van der Waals surface area contributed by atoms with E-state index in [1.54, 1.807) is 6.20 Å². The van der Waals surface area contributed by atoms with Crippen LogP contribution in [0.4, 0.5) is 5.69 Å². The third-order valence-corrected chi connectivity index (χ3v) is 4.13. The largest absolute Gasteiger partial charge is 0.376 e. The predicted molar refractivity (Wildman–Crippen MR) is 91.8 cm³/mol. The fourth-order valence-electron chi connectivity index (χ4n) is 2.90. The smallest absolute Gasteiger partial charge is 0.240 e. The maximum atomic E-state index is 12.2. The standard InChI is InChI=1S/C18H21N3O3/c1-13(22)21(12-17(23)20-11-15-7-4-10-24-15)16-8-2-5-14-6-3-9-19-18(14)16/h2-3,5-6,8-9,15H,4,7,10-12H2,1H3,(H,20,23). The first-order valence-corrected chi connectivity index (χ1v) is 8.15. The number of aromatic nitrogens is 1. The number of carbonyl (C=O) groups excluding carboxylic acids is 2. The van der Waals surface area contributed by atoms with Gasteiger partial charge in [-0.05, 0) is 25.0 Å². The summed E-state index contributed by atoms with van der Waals surface area (Å²) in [6, 6.07) is 9.38. The summed E-state index contributed by atoms with van der Waals surface area (Å²) in [7, 11) is 0. The van der Waals surface area contributed by atoms with Gasteiger partial charge in [-0.2, -0.15) is 0 Å². The molecule has 1 aliphatic heterocycles. The summed E-state index contributed by atoms with van der Waals surface area (Å²) in [6.07, 6.45) is 3.76. The van der Waals surface area contributed by atoms with Crippen LogP contribution in [0.3, 0.4) is 0 Å². The number of hydrogen-bond acceptors (Lipinski definition) is 4. The maximum Gasteiger partial charge on any atom is 0.240 e. The van der Waals surface area contributed by atoms with Crippen molar-refractivity contribution in [2.75, 3.05) is 24.6 Å². The molecule has 2 aromatic rings. The summed E-state index contributed by atoms with van der Waals surface area (Å²) in [6.45, 7) is 2.66. The molecule has 0 aliphatic carbocycles. The van der Waals surface area contributed by atoms with Crippen LogP contribution in [0, 0.1) is 0 Å². The van der Waals surface area contributed by atoms with E-state index in [-0.39, 0.29) is 24.5 Å². The Hall–Kier alpha value is -2.47. The number of carbonyl (C=O) groups is 2. The van der Waals surface area contributed by atoms with Gasteiger partial charge in [0.05, 0.1) is 17.3 Å². The number of anilines is 1. The van der Waals surface area contributed by atoms with Crippen molar-refractivity contribution in [1.82, 2.24) is 10.3 Å². The third kappa shape index (κ3) is 3.71. The molecule has 1 aromatic carbocycles. The quantitative estimate of drug-likeness (QED) is 0.910. The molecular formula is C18H21N3O3. The molecule has 0 bridgehead atoms. The first-order chi connectivity index (χ1) is 11.6. The number of hydrogen-bond donors (Lipinski definition) is 1. The molecule has 0 radical (unpaired) electrons. The van der Waals surface area contributed by atoms with Crippen LogP contribution in [-0.4, -0.2) is 42.6 Å². The van der Waals surface area contributed by atoms with Crippen LogP contribution in [0.5, 0.6) is 0 Å². The lowest BCUT2D eigenvalue weighted by molar-refractivity contribution is -0.123. The number of rotatable bonds is 5. The van der Waals surface area contributed by atoms with Crippen molar-refractivity contribution in [2.45, 2.75) is 25.9 Å². The lowest BCUT2D eigenvalue weighted by Crippen LogP contribution is -2.42. The van der Waals surface area contributed by atoms with Crippen molar-refractivity contribution in [3.63, 3.8) is 0 Å². The van der Waals surface area contributed by atoms with Crippen LogP contribution >= 0.6 is 0 Å². The predicted octanol–water partition coefficient (Wildman–Crippen LogP) is 1.88. The molecule has 1 unspecified atom stereocenters. The number of nitrogens with zero attached hydrogens (tertiary/aromatic N) is 2. The second kappa shape index (κ2) is 7.40. The van der Waals surface area contributed by atoms with Crippen molar-refractivity contribution in [2.24, 2.45) is 0 Å². The molecule has 0 spiro atoms. The normalized spacial score (nSPS) is 17.0. The van der Waals surface area contributed by atoms with Gasteiger partial charge in [0.1, 0.15) is 6.54 Å². The number of ether oxygens (including phenoxy) is 1. The number of fused-ring (bicyclic) bond motifs is 1. The van der Waals surface area contributed by atoms with E-state index in [2.05, 4.69) is 10.3 Å². The third-order valence-electron chi connectivity index (χ3n) is 4.13. The molecule has 1 N–H and O–H groups in total. The molecule has 1 atom stereocenters. The molecule has 6 nitrogen and oxygen atoms in total. The highest BCUT2D eigenvalue weighted by molar-refractivity contribution is 6.04. The Bertz CT molecular complexity index is 736.